The number of carbonyl (C=O) groups excluding carboxylic acids is 1. The Kier molecular flexibility index (Phi) is 10.1. The molecule has 3 rings (SSSR count). The Morgan fingerprint density at radius 3 is 2.19 bits per heavy atom. The fourth-order valence-corrected chi connectivity index (χ4v) is 4.13. The second-order valence-electron chi connectivity index (χ2n) is 7.98. The molecule has 7 nitrogen and oxygen atoms in total. The second kappa shape index (κ2) is 13.3. The van der Waals surface area contributed by atoms with Gasteiger partial charge in [0.1, 0.15) is 6.61 Å². The van der Waals surface area contributed by atoms with Crippen molar-refractivity contribution >= 4 is 14.8 Å². The van der Waals surface area contributed by atoms with E-state index in [0.29, 0.717) is 19.4 Å². The molecule has 0 spiro atoms. The van der Waals surface area contributed by atoms with E-state index in [0.717, 1.165) is 30.4 Å². The zero-order valence-electron chi connectivity index (χ0n) is 18.0. The molecule has 0 heterocycles. The number of amides is 1. The fraction of sp³-hybridized carbons (Fsp3) is 0.458. The highest BCUT2D eigenvalue weighted by atomic mass is 31.1. The SMILES string of the molecule is O=POC(C1CCC1)C(CCC(O)OCc1ccccc1)NC(=O)OCc1ccccc1. The summed E-state index contributed by atoms with van der Waals surface area (Å²) in [7, 11) is -0.430. The number of benzene rings is 2. The molecule has 0 aliphatic heterocycles. The van der Waals surface area contributed by atoms with Gasteiger partial charge in [0.2, 0.25) is 0 Å². The minimum absolute atomic E-state index is 0.150. The largest absolute Gasteiger partial charge is 0.445 e. The summed E-state index contributed by atoms with van der Waals surface area (Å²) in [6.07, 6.45) is 1.67. The Balaban J connectivity index is 1.54. The Morgan fingerprint density at radius 1 is 1.00 bits per heavy atom. The molecule has 1 aliphatic rings. The van der Waals surface area contributed by atoms with Gasteiger partial charge in [0.15, 0.2) is 6.29 Å². The van der Waals surface area contributed by atoms with Crippen molar-refractivity contribution in [2.75, 3.05) is 0 Å². The molecular formula is C24H30NO6P. The first-order valence-electron chi connectivity index (χ1n) is 10.9. The van der Waals surface area contributed by atoms with Gasteiger partial charge < -0.3 is 19.9 Å². The van der Waals surface area contributed by atoms with Crippen molar-refractivity contribution in [3.8, 4) is 0 Å². The summed E-state index contributed by atoms with van der Waals surface area (Å²) in [4.78, 5) is 12.5. The van der Waals surface area contributed by atoms with Gasteiger partial charge in [-0.15, -0.1) is 0 Å². The highest BCUT2D eigenvalue weighted by molar-refractivity contribution is 7.17. The van der Waals surface area contributed by atoms with E-state index in [1.54, 1.807) is 0 Å². The zero-order valence-corrected chi connectivity index (χ0v) is 18.9. The molecule has 1 amide bonds. The molecule has 3 atom stereocenters. The molecule has 1 saturated carbocycles. The molecule has 0 bridgehead atoms. The van der Waals surface area contributed by atoms with Crippen LogP contribution >= 0.6 is 8.69 Å². The van der Waals surface area contributed by atoms with Gasteiger partial charge in [0.25, 0.3) is 0 Å². The molecular weight excluding hydrogens is 429 g/mol. The number of ether oxygens (including phenoxy) is 2. The van der Waals surface area contributed by atoms with Crippen LogP contribution in [0.3, 0.4) is 0 Å². The van der Waals surface area contributed by atoms with Crippen LogP contribution in [-0.2, 0) is 31.8 Å². The molecule has 1 aliphatic carbocycles. The first kappa shape index (κ1) is 24.3. The van der Waals surface area contributed by atoms with Crippen molar-refractivity contribution < 1.29 is 28.5 Å². The van der Waals surface area contributed by atoms with Gasteiger partial charge in [-0.3, -0.25) is 4.52 Å². The second-order valence-corrected chi connectivity index (χ2v) is 8.34. The van der Waals surface area contributed by atoms with E-state index in [1.807, 2.05) is 60.7 Å². The summed E-state index contributed by atoms with van der Waals surface area (Å²) >= 11 is 0. The number of rotatable bonds is 13. The predicted octanol–water partition coefficient (Wildman–Crippen LogP) is 4.99. The molecule has 2 aromatic carbocycles. The molecule has 3 unspecified atom stereocenters. The van der Waals surface area contributed by atoms with Crippen molar-refractivity contribution in [2.45, 2.75) is 63.8 Å². The Labute approximate surface area is 190 Å². The van der Waals surface area contributed by atoms with E-state index in [9.17, 15) is 14.5 Å². The van der Waals surface area contributed by atoms with Crippen LogP contribution in [0, 0.1) is 5.92 Å². The first-order valence-corrected chi connectivity index (χ1v) is 11.7. The van der Waals surface area contributed by atoms with Gasteiger partial charge in [-0.05, 0) is 36.3 Å². The van der Waals surface area contributed by atoms with Crippen molar-refractivity contribution in [1.29, 1.82) is 0 Å². The summed E-state index contributed by atoms with van der Waals surface area (Å²) in [6, 6.07) is 18.5. The van der Waals surface area contributed by atoms with Crippen LogP contribution < -0.4 is 5.32 Å². The third-order valence-corrected chi connectivity index (χ3v) is 6.03. The van der Waals surface area contributed by atoms with Crippen LogP contribution in [-0.4, -0.2) is 29.6 Å². The Bertz CT molecular complexity index is 818. The third kappa shape index (κ3) is 7.99. The van der Waals surface area contributed by atoms with Gasteiger partial charge >= 0.3 is 14.8 Å². The third-order valence-electron chi connectivity index (χ3n) is 5.70. The molecule has 0 aromatic heterocycles. The molecule has 1 fully saturated rings. The number of hydrogen-bond acceptors (Lipinski definition) is 6. The summed E-state index contributed by atoms with van der Waals surface area (Å²) in [5.74, 6) is 0.207. The molecule has 172 valence electrons. The van der Waals surface area contributed by atoms with Gasteiger partial charge in [-0.2, -0.15) is 0 Å². The Morgan fingerprint density at radius 2 is 1.62 bits per heavy atom. The van der Waals surface area contributed by atoms with Gasteiger partial charge in [-0.1, -0.05) is 67.1 Å². The molecule has 8 heteroatoms. The topological polar surface area (TPSA) is 94.1 Å². The van der Waals surface area contributed by atoms with Gasteiger partial charge in [-0.25, -0.2) is 9.36 Å². The van der Waals surface area contributed by atoms with Crippen molar-refractivity contribution in [3.05, 3.63) is 71.8 Å². The van der Waals surface area contributed by atoms with Crippen LogP contribution in [0.1, 0.15) is 43.2 Å². The number of aliphatic hydroxyl groups excluding tert-OH is 1. The van der Waals surface area contributed by atoms with E-state index < -0.39 is 33.2 Å². The summed E-state index contributed by atoms with van der Waals surface area (Å²) in [6.45, 7) is 0.442. The monoisotopic (exact) mass is 459 g/mol. The smallest absolute Gasteiger partial charge is 0.407 e. The normalized spacial score (nSPS) is 16.7. The lowest BCUT2D eigenvalue weighted by molar-refractivity contribution is -0.115. The number of hydrogen-bond donors (Lipinski definition) is 2. The average molecular weight is 459 g/mol. The first-order chi connectivity index (χ1) is 15.7. The number of aliphatic hydroxyl groups is 1. The standard InChI is InChI=1S/C24H30NO6P/c26-22(29-16-18-8-3-1-4-9-18)15-14-21(23(31-32-28)20-12-7-13-20)25-24(27)30-17-19-10-5-2-6-11-19/h1-6,8-11,20-23,26H,7,12-17H2,(H,25,27). The quantitative estimate of drug-likeness (QED) is 0.324. The highest BCUT2D eigenvalue weighted by Gasteiger charge is 2.36. The van der Waals surface area contributed by atoms with Crippen LogP contribution in [0.15, 0.2) is 60.7 Å². The highest BCUT2D eigenvalue weighted by Crippen LogP contribution is 2.35. The Hall–Kier alpha value is -2.31. The van der Waals surface area contributed by atoms with Crippen LogP contribution in [0.4, 0.5) is 4.79 Å². The summed E-state index contributed by atoms with van der Waals surface area (Å²) < 4.78 is 27.6. The van der Waals surface area contributed by atoms with Gasteiger partial charge in [0.05, 0.1) is 18.8 Å². The summed E-state index contributed by atoms with van der Waals surface area (Å²) in [5, 5.41) is 13.2. The molecule has 2 aromatic rings. The van der Waals surface area contributed by atoms with E-state index in [1.165, 1.54) is 0 Å². The van der Waals surface area contributed by atoms with Crippen molar-refractivity contribution in [3.63, 3.8) is 0 Å². The van der Waals surface area contributed by atoms with Crippen molar-refractivity contribution in [2.24, 2.45) is 5.92 Å². The maximum Gasteiger partial charge on any atom is 0.407 e. The molecule has 0 saturated heterocycles. The molecule has 32 heavy (non-hydrogen) atoms. The number of nitrogens with one attached hydrogen (secondary N) is 1. The lowest BCUT2D eigenvalue weighted by atomic mass is 9.78. The van der Waals surface area contributed by atoms with Crippen LogP contribution in [0.5, 0.6) is 0 Å². The molecule has 2 N–H and O–H groups in total. The minimum Gasteiger partial charge on any atom is -0.445 e. The lowest BCUT2D eigenvalue weighted by Gasteiger charge is -2.37. The predicted molar refractivity (Wildman–Crippen MR) is 120 cm³/mol. The van der Waals surface area contributed by atoms with E-state index in [-0.39, 0.29) is 12.5 Å². The van der Waals surface area contributed by atoms with Crippen molar-refractivity contribution in [1.82, 2.24) is 5.32 Å². The molecule has 0 radical (unpaired) electrons. The minimum atomic E-state index is -0.994. The lowest BCUT2D eigenvalue weighted by Crippen LogP contribution is -2.49. The van der Waals surface area contributed by atoms with E-state index >= 15 is 0 Å². The maximum absolute atomic E-state index is 12.5. The van der Waals surface area contributed by atoms with Crippen LogP contribution in [0.2, 0.25) is 0 Å². The van der Waals surface area contributed by atoms with E-state index in [2.05, 4.69) is 5.32 Å². The van der Waals surface area contributed by atoms with Gasteiger partial charge in [0, 0.05) is 6.42 Å². The number of carbonyl (C=O) groups is 1. The summed E-state index contributed by atoms with van der Waals surface area (Å²) in [5.41, 5.74) is 1.85. The zero-order chi connectivity index (χ0) is 22.6. The number of alkyl carbamates (subject to hydrolysis) is 1. The average Bonchev–Trinajstić information content (AvgIpc) is 2.79. The van der Waals surface area contributed by atoms with E-state index in [4.69, 9.17) is 14.0 Å². The maximum atomic E-state index is 12.5. The fourth-order valence-electron chi connectivity index (χ4n) is 3.71. The van der Waals surface area contributed by atoms with Crippen LogP contribution in [0.25, 0.3) is 0 Å².